The molecule has 0 radical (unpaired) electrons. The average Bonchev–Trinajstić information content (AvgIpc) is 2.72. The first-order valence-electron chi connectivity index (χ1n) is 6.39. The zero-order valence-corrected chi connectivity index (χ0v) is 12.3. The number of carboxylic acids is 1. The maximum atomic E-state index is 12.3. The molecule has 8 heteroatoms. The Labute approximate surface area is 118 Å². The predicted molar refractivity (Wildman–Crippen MR) is 74.2 cm³/mol. The smallest absolute Gasteiger partial charge is 0.323 e. The number of aliphatic carboxylic acids is 1. The van der Waals surface area contributed by atoms with Crippen molar-refractivity contribution in [2.24, 2.45) is 0 Å². The van der Waals surface area contributed by atoms with E-state index in [1.54, 1.807) is 13.0 Å². The highest BCUT2D eigenvalue weighted by molar-refractivity contribution is 7.91. The molecule has 1 fully saturated rings. The number of amides is 2. The number of carbonyl (C=O) groups excluding carboxylic acids is 1. The van der Waals surface area contributed by atoms with Gasteiger partial charge in [0.1, 0.15) is 6.54 Å². The molecule has 114 valence electrons. The fraction of sp³-hybridized carbons (Fsp3) is 0.667. The molecular formula is C12H20N2O5S. The van der Waals surface area contributed by atoms with E-state index < -0.39 is 34.4 Å². The number of carbonyl (C=O) groups is 2. The molecule has 0 bridgehead atoms. The molecule has 0 aromatic rings. The lowest BCUT2D eigenvalue weighted by molar-refractivity contribution is -0.138. The minimum Gasteiger partial charge on any atom is -0.480 e. The molecule has 1 atom stereocenters. The normalized spacial score (nSPS) is 20.4. The van der Waals surface area contributed by atoms with Gasteiger partial charge in [-0.05, 0) is 13.3 Å². The standard InChI is InChI=1S/C12H20N2O5S/c1-3-6-13(4-2)12(17)14(8-11(15)16)10-5-7-20(18,19)9-10/h3,10H,1,4-9H2,2H3,(H,15,16). The third-order valence-electron chi connectivity index (χ3n) is 3.20. The molecule has 0 aliphatic carbocycles. The zero-order chi connectivity index (χ0) is 15.3. The topological polar surface area (TPSA) is 95.0 Å². The van der Waals surface area contributed by atoms with Crippen molar-refractivity contribution in [1.82, 2.24) is 9.80 Å². The van der Waals surface area contributed by atoms with E-state index in [4.69, 9.17) is 5.11 Å². The molecule has 2 amide bonds. The van der Waals surface area contributed by atoms with Gasteiger partial charge < -0.3 is 14.9 Å². The van der Waals surface area contributed by atoms with Crippen LogP contribution in [0.5, 0.6) is 0 Å². The van der Waals surface area contributed by atoms with Gasteiger partial charge in [0, 0.05) is 19.1 Å². The molecule has 7 nitrogen and oxygen atoms in total. The van der Waals surface area contributed by atoms with Gasteiger partial charge in [-0.25, -0.2) is 13.2 Å². The highest BCUT2D eigenvalue weighted by Crippen LogP contribution is 2.19. The third-order valence-corrected chi connectivity index (χ3v) is 4.95. The van der Waals surface area contributed by atoms with E-state index in [1.165, 1.54) is 4.90 Å². The summed E-state index contributed by atoms with van der Waals surface area (Å²) < 4.78 is 23.0. The highest BCUT2D eigenvalue weighted by Gasteiger charge is 2.36. The lowest BCUT2D eigenvalue weighted by Crippen LogP contribution is -2.50. The van der Waals surface area contributed by atoms with Crippen LogP contribution in [0.1, 0.15) is 13.3 Å². The molecular weight excluding hydrogens is 284 g/mol. The van der Waals surface area contributed by atoms with Gasteiger partial charge in [0.25, 0.3) is 0 Å². The van der Waals surface area contributed by atoms with Crippen molar-refractivity contribution in [3.8, 4) is 0 Å². The fourth-order valence-corrected chi connectivity index (χ4v) is 3.93. The molecule has 1 aliphatic heterocycles. The molecule has 1 heterocycles. The summed E-state index contributed by atoms with van der Waals surface area (Å²) in [7, 11) is -3.18. The minimum absolute atomic E-state index is 0.00531. The summed E-state index contributed by atoms with van der Waals surface area (Å²) in [6, 6.07) is -1.03. The molecule has 1 N–H and O–H groups in total. The summed E-state index contributed by atoms with van der Waals surface area (Å²) in [4.78, 5) is 25.8. The third kappa shape index (κ3) is 4.22. The van der Waals surface area contributed by atoms with Crippen LogP contribution >= 0.6 is 0 Å². The summed E-state index contributed by atoms with van der Waals surface area (Å²) in [5.41, 5.74) is 0. The summed E-state index contributed by atoms with van der Waals surface area (Å²) in [6.07, 6.45) is 1.83. The summed E-state index contributed by atoms with van der Waals surface area (Å²) >= 11 is 0. The van der Waals surface area contributed by atoms with Crippen LogP contribution in [0.15, 0.2) is 12.7 Å². The van der Waals surface area contributed by atoms with Crippen LogP contribution in [0.3, 0.4) is 0 Å². The van der Waals surface area contributed by atoms with Crippen molar-refractivity contribution in [2.45, 2.75) is 19.4 Å². The average molecular weight is 304 g/mol. The molecule has 0 aromatic heterocycles. The summed E-state index contributed by atoms with van der Waals surface area (Å²) in [5.74, 6) is -1.33. The van der Waals surface area contributed by atoms with Gasteiger partial charge in [0.05, 0.1) is 11.5 Å². The number of likely N-dealkylation sites (N-methyl/N-ethyl adjacent to an activating group) is 1. The van der Waals surface area contributed by atoms with E-state index in [0.29, 0.717) is 13.1 Å². The van der Waals surface area contributed by atoms with Crippen molar-refractivity contribution < 1.29 is 23.1 Å². The van der Waals surface area contributed by atoms with Crippen LogP contribution in [0.2, 0.25) is 0 Å². The molecule has 0 saturated carbocycles. The Kier molecular flexibility index (Phi) is 5.55. The molecule has 0 spiro atoms. The van der Waals surface area contributed by atoms with Gasteiger partial charge in [-0.15, -0.1) is 6.58 Å². The molecule has 1 aliphatic rings. The maximum absolute atomic E-state index is 12.3. The minimum atomic E-state index is -3.18. The first-order valence-corrected chi connectivity index (χ1v) is 8.21. The van der Waals surface area contributed by atoms with Crippen molar-refractivity contribution >= 4 is 21.8 Å². The lowest BCUT2D eigenvalue weighted by Gasteiger charge is -2.32. The second-order valence-electron chi connectivity index (χ2n) is 4.69. The van der Waals surface area contributed by atoms with E-state index in [0.717, 1.165) is 4.90 Å². The van der Waals surface area contributed by atoms with Gasteiger partial charge in [0.2, 0.25) is 0 Å². The van der Waals surface area contributed by atoms with Crippen LogP contribution in [-0.2, 0) is 14.6 Å². The Morgan fingerprint density at radius 3 is 2.50 bits per heavy atom. The summed E-state index contributed by atoms with van der Waals surface area (Å²) in [6.45, 7) is 5.52. The first kappa shape index (κ1) is 16.5. The first-order chi connectivity index (χ1) is 9.30. The van der Waals surface area contributed by atoms with Crippen molar-refractivity contribution in [2.75, 3.05) is 31.1 Å². The largest absolute Gasteiger partial charge is 0.480 e. The van der Waals surface area contributed by atoms with E-state index in [1.807, 2.05) is 0 Å². The van der Waals surface area contributed by atoms with Gasteiger partial charge in [0.15, 0.2) is 9.84 Å². The number of urea groups is 1. The van der Waals surface area contributed by atoms with E-state index in [2.05, 4.69) is 6.58 Å². The van der Waals surface area contributed by atoms with Gasteiger partial charge in [-0.1, -0.05) is 6.08 Å². The van der Waals surface area contributed by atoms with Gasteiger partial charge in [-0.3, -0.25) is 4.79 Å². The number of carboxylic acid groups (broad SMARTS) is 1. The Morgan fingerprint density at radius 2 is 2.10 bits per heavy atom. The van der Waals surface area contributed by atoms with E-state index in [9.17, 15) is 18.0 Å². The van der Waals surface area contributed by atoms with E-state index in [-0.39, 0.29) is 17.9 Å². The zero-order valence-electron chi connectivity index (χ0n) is 11.5. The Balaban J connectivity index is 2.91. The molecule has 1 unspecified atom stereocenters. The summed E-state index contributed by atoms with van der Waals surface area (Å²) in [5, 5.41) is 8.93. The number of nitrogens with zero attached hydrogens (tertiary/aromatic N) is 2. The second-order valence-corrected chi connectivity index (χ2v) is 6.92. The van der Waals surface area contributed by atoms with Crippen LogP contribution < -0.4 is 0 Å². The van der Waals surface area contributed by atoms with Crippen LogP contribution in [0.4, 0.5) is 4.79 Å². The number of hydrogen-bond donors (Lipinski definition) is 1. The monoisotopic (exact) mass is 304 g/mol. The quantitative estimate of drug-likeness (QED) is 0.707. The number of hydrogen-bond acceptors (Lipinski definition) is 4. The Bertz CT molecular complexity index is 488. The lowest BCUT2D eigenvalue weighted by atomic mass is 10.2. The van der Waals surface area contributed by atoms with Gasteiger partial charge >= 0.3 is 12.0 Å². The number of rotatable bonds is 6. The Hall–Kier alpha value is -1.57. The van der Waals surface area contributed by atoms with Crippen LogP contribution in [-0.4, -0.2) is 72.5 Å². The molecule has 20 heavy (non-hydrogen) atoms. The van der Waals surface area contributed by atoms with Crippen LogP contribution in [0, 0.1) is 0 Å². The highest BCUT2D eigenvalue weighted by atomic mass is 32.2. The number of sulfone groups is 1. The SMILES string of the molecule is C=CCN(CC)C(=O)N(CC(=O)O)C1CCS(=O)(=O)C1. The van der Waals surface area contributed by atoms with Crippen LogP contribution in [0.25, 0.3) is 0 Å². The van der Waals surface area contributed by atoms with Crippen molar-refractivity contribution in [3.05, 3.63) is 12.7 Å². The van der Waals surface area contributed by atoms with Crippen molar-refractivity contribution in [3.63, 3.8) is 0 Å². The second kappa shape index (κ2) is 6.74. The van der Waals surface area contributed by atoms with Gasteiger partial charge in [-0.2, -0.15) is 0 Å². The molecule has 0 aromatic carbocycles. The molecule has 1 saturated heterocycles. The van der Waals surface area contributed by atoms with E-state index >= 15 is 0 Å². The molecule has 1 rings (SSSR count). The van der Waals surface area contributed by atoms with Crippen molar-refractivity contribution in [1.29, 1.82) is 0 Å². The fourth-order valence-electron chi connectivity index (χ4n) is 2.20. The Morgan fingerprint density at radius 1 is 1.45 bits per heavy atom. The predicted octanol–water partition coefficient (Wildman–Crippen LogP) is 0.188. The maximum Gasteiger partial charge on any atom is 0.323 e.